The lowest BCUT2D eigenvalue weighted by molar-refractivity contribution is 0.337. The van der Waals surface area contributed by atoms with E-state index >= 15 is 0 Å². The fourth-order valence-electron chi connectivity index (χ4n) is 5.41. The molecule has 2 aromatic carbocycles. The molecule has 0 aliphatic carbocycles. The van der Waals surface area contributed by atoms with Crippen molar-refractivity contribution >= 4 is 6.21 Å². The number of halogens is 1. The number of hydrogen-bond donors (Lipinski definition) is 2. The fourth-order valence-corrected chi connectivity index (χ4v) is 5.41. The molecule has 1 unspecified atom stereocenters. The van der Waals surface area contributed by atoms with E-state index in [0.717, 1.165) is 49.8 Å². The van der Waals surface area contributed by atoms with Gasteiger partial charge in [0.15, 0.2) is 0 Å². The average Bonchev–Trinajstić information content (AvgIpc) is 2.87. The Labute approximate surface area is 194 Å². The topological polar surface area (TPSA) is 35.9 Å². The summed E-state index contributed by atoms with van der Waals surface area (Å²) >= 11 is 0. The molecular weight excluding hydrogens is 395 g/mol. The molecule has 1 saturated heterocycles. The van der Waals surface area contributed by atoms with Crippen molar-refractivity contribution in [3.63, 3.8) is 0 Å². The number of aryl methyl sites for hydroxylation is 3. The number of benzene rings is 2. The van der Waals surface area contributed by atoms with Crippen molar-refractivity contribution in [2.45, 2.75) is 78.1 Å². The summed E-state index contributed by atoms with van der Waals surface area (Å²) in [6.07, 6.45) is 10.9. The molecular formula is C29H41FN2. The molecule has 0 bridgehead atoms. The highest BCUT2D eigenvalue weighted by Crippen LogP contribution is 2.34. The van der Waals surface area contributed by atoms with Gasteiger partial charge in [-0.3, -0.25) is 0 Å². The smallest absolute Gasteiger partial charge is 0.123 e. The zero-order valence-electron chi connectivity index (χ0n) is 20.2. The van der Waals surface area contributed by atoms with Gasteiger partial charge in [0.05, 0.1) is 0 Å². The molecule has 32 heavy (non-hydrogen) atoms. The van der Waals surface area contributed by atoms with Crippen LogP contribution in [0, 0.1) is 30.0 Å². The van der Waals surface area contributed by atoms with Gasteiger partial charge in [-0.2, -0.15) is 0 Å². The lowest BCUT2D eigenvalue weighted by atomic mass is 9.80. The van der Waals surface area contributed by atoms with Crippen molar-refractivity contribution in [1.82, 2.24) is 5.32 Å². The third-order valence-electron chi connectivity index (χ3n) is 6.98. The minimum absolute atomic E-state index is 0.180. The summed E-state index contributed by atoms with van der Waals surface area (Å²) in [5.41, 5.74) is 6.28. The van der Waals surface area contributed by atoms with Crippen molar-refractivity contribution in [3.8, 4) is 0 Å². The molecule has 0 saturated carbocycles. The quantitative estimate of drug-likeness (QED) is 0.421. The van der Waals surface area contributed by atoms with E-state index in [1.807, 2.05) is 12.1 Å². The van der Waals surface area contributed by atoms with Crippen LogP contribution in [0.5, 0.6) is 0 Å². The zero-order chi connectivity index (χ0) is 22.9. The van der Waals surface area contributed by atoms with Crippen LogP contribution in [-0.2, 0) is 12.8 Å². The van der Waals surface area contributed by atoms with Gasteiger partial charge in [0.1, 0.15) is 5.82 Å². The molecule has 0 amide bonds. The van der Waals surface area contributed by atoms with Gasteiger partial charge in [-0.05, 0) is 116 Å². The van der Waals surface area contributed by atoms with E-state index in [9.17, 15) is 4.39 Å². The fraction of sp³-hybridized carbons (Fsp3) is 0.552. The minimum atomic E-state index is -0.180. The minimum Gasteiger partial charge on any atom is -0.316 e. The van der Waals surface area contributed by atoms with Gasteiger partial charge in [0, 0.05) is 12.8 Å². The first-order chi connectivity index (χ1) is 15.5. The maximum Gasteiger partial charge on any atom is 0.123 e. The molecule has 1 heterocycles. The number of hydrogen-bond acceptors (Lipinski definition) is 2. The van der Waals surface area contributed by atoms with E-state index in [4.69, 9.17) is 5.41 Å². The summed E-state index contributed by atoms with van der Waals surface area (Å²) < 4.78 is 13.1. The lowest BCUT2D eigenvalue weighted by Crippen LogP contribution is -2.24. The summed E-state index contributed by atoms with van der Waals surface area (Å²) in [6.45, 7) is 9.09. The Balaban J connectivity index is 1.74. The highest BCUT2D eigenvalue weighted by molar-refractivity contribution is 5.80. The van der Waals surface area contributed by atoms with Gasteiger partial charge in [-0.15, -0.1) is 0 Å². The summed E-state index contributed by atoms with van der Waals surface area (Å²) in [5, 5.41) is 11.8. The van der Waals surface area contributed by atoms with Crippen molar-refractivity contribution in [3.05, 3.63) is 70.0 Å². The molecule has 1 fully saturated rings. The van der Waals surface area contributed by atoms with Crippen molar-refractivity contribution in [2.75, 3.05) is 13.1 Å². The van der Waals surface area contributed by atoms with Crippen LogP contribution in [0.15, 0.2) is 36.4 Å². The SMILES string of the molecule is Cc1cc(CCCc2ccc(F)cc2)c(C=N)cc1[C@H]1CNCCCCC(CC(C)C)C1. The zero-order valence-corrected chi connectivity index (χ0v) is 20.2. The molecule has 1 aliphatic heterocycles. The number of rotatable bonds is 8. The van der Waals surface area contributed by atoms with Gasteiger partial charge >= 0.3 is 0 Å². The Bertz CT molecular complexity index is 856. The van der Waals surface area contributed by atoms with Crippen molar-refractivity contribution in [1.29, 1.82) is 5.41 Å². The Morgan fingerprint density at radius 2 is 1.91 bits per heavy atom. The van der Waals surface area contributed by atoms with Gasteiger partial charge in [0.2, 0.25) is 0 Å². The van der Waals surface area contributed by atoms with Gasteiger partial charge in [-0.1, -0.05) is 44.9 Å². The Morgan fingerprint density at radius 3 is 2.62 bits per heavy atom. The summed E-state index contributed by atoms with van der Waals surface area (Å²) in [7, 11) is 0. The van der Waals surface area contributed by atoms with E-state index in [1.54, 1.807) is 0 Å². The van der Waals surface area contributed by atoms with E-state index in [-0.39, 0.29) is 5.82 Å². The second-order valence-electron chi connectivity index (χ2n) is 10.2. The summed E-state index contributed by atoms with van der Waals surface area (Å²) in [5.74, 6) is 1.87. The van der Waals surface area contributed by atoms with Crippen LogP contribution >= 0.6 is 0 Å². The highest BCUT2D eigenvalue weighted by atomic mass is 19.1. The third kappa shape index (κ3) is 7.27. The molecule has 1 aliphatic rings. The van der Waals surface area contributed by atoms with Crippen LogP contribution in [0.2, 0.25) is 0 Å². The van der Waals surface area contributed by atoms with E-state index in [1.165, 1.54) is 72.7 Å². The maximum atomic E-state index is 13.1. The largest absolute Gasteiger partial charge is 0.316 e. The monoisotopic (exact) mass is 436 g/mol. The molecule has 0 spiro atoms. The molecule has 3 rings (SSSR count). The molecule has 0 aromatic heterocycles. The van der Waals surface area contributed by atoms with E-state index in [0.29, 0.717) is 5.92 Å². The first kappa shape index (κ1) is 24.6. The van der Waals surface area contributed by atoms with Crippen LogP contribution in [0.3, 0.4) is 0 Å². The van der Waals surface area contributed by atoms with Crippen LogP contribution < -0.4 is 5.32 Å². The Kier molecular flexibility index (Phi) is 9.47. The second kappa shape index (κ2) is 12.3. The molecule has 2 N–H and O–H groups in total. The Morgan fingerprint density at radius 1 is 1.12 bits per heavy atom. The van der Waals surface area contributed by atoms with Crippen molar-refractivity contribution < 1.29 is 4.39 Å². The Hall–Kier alpha value is -2.00. The van der Waals surface area contributed by atoms with Crippen molar-refractivity contribution in [2.24, 2.45) is 11.8 Å². The summed E-state index contributed by atoms with van der Waals surface area (Å²) in [4.78, 5) is 0. The maximum absolute atomic E-state index is 13.1. The van der Waals surface area contributed by atoms with E-state index in [2.05, 4.69) is 38.2 Å². The first-order valence-corrected chi connectivity index (χ1v) is 12.5. The van der Waals surface area contributed by atoms with Crippen LogP contribution in [-0.4, -0.2) is 19.3 Å². The lowest BCUT2D eigenvalue weighted by Gasteiger charge is -2.26. The van der Waals surface area contributed by atoms with Crippen LogP contribution in [0.4, 0.5) is 4.39 Å². The van der Waals surface area contributed by atoms with Gasteiger partial charge in [0.25, 0.3) is 0 Å². The van der Waals surface area contributed by atoms with E-state index < -0.39 is 0 Å². The van der Waals surface area contributed by atoms with Crippen LogP contribution in [0.1, 0.15) is 86.1 Å². The molecule has 3 heteroatoms. The highest BCUT2D eigenvalue weighted by Gasteiger charge is 2.22. The van der Waals surface area contributed by atoms with Gasteiger partial charge in [-0.25, -0.2) is 4.39 Å². The van der Waals surface area contributed by atoms with Crippen LogP contribution in [0.25, 0.3) is 0 Å². The third-order valence-corrected chi connectivity index (χ3v) is 6.98. The molecule has 2 atom stereocenters. The standard InChI is InChI=1S/C29H41FN2/c1-21(2)15-24-7-4-5-14-32-20-27(17-24)29-18-26(19-31)25(16-22(29)3)9-6-8-23-10-12-28(30)13-11-23/h10-13,16,18-19,21,24,27,31-32H,4-9,14-15,17,20H2,1-3H3/t24?,27-/m1/s1. The summed E-state index contributed by atoms with van der Waals surface area (Å²) in [6, 6.07) is 11.4. The molecule has 0 radical (unpaired) electrons. The second-order valence-corrected chi connectivity index (χ2v) is 10.2. The van der Waals surface area contributed by atoms with Gasteiger partial charge < -0.3 is 10.7 Å². The molecule has 2 aromatic rings. The normalized spacial score (nSPS) is 19.9. The molecule has 174 valence electrons. The predicted molar refractivity (Wildman–Crippen MR) is 135 cm³/mol. The average molecular weight is 437 g/mol. The number of nitrogens with one attached hydrogen (secondary N) is 2. The molecule has 2 nitrogen and oxygen atoms in total. The predicted octanol–water partition coefficient (Wildman–Crippen LogP) is 7.22. The first-order valence-electron chi connectivity index (χ1n) is 12.5.